The molecule has 7 nitrogen and oxygen atoms in total. The van der Waals surface area contributed by atoms with Crippen molar-refractivity contribution >= 4 is 11.8 Å². The van der Waals surface area contributed by atoms with Gasteiger partial charge in [0.1, 0.15) is 11.8 Å². The highest BCUT2D eigenvalue weighted by Gasteiger charge is 2.24. The number of ether oxygens (including phenoxy) is 3. The highest BCUT2D eigenvalue weighted by molar-refractivity contribution is 5.88. The summed E-state index contributed by atoms with van der Waals surface area (Å²) in [5.41, 5.74) is 0.888. The molecule has 2 N–H and O–H groups in total. The first kappa shape index (κ1) is 19.5. The fourth-order valence-electron chi connectivity index (χ4n) is 2.77. The van der Waals surface area contributed by atoms with Crippen molar-refractivity contribution < 1.29 is 23.8 Å². The summed E-state index contributed by atoms with van der Waals surface area (Å²) in [6.07, 6.45) is 0. The van der Waals surface area contributed by atoms with Crippen molar-refractivity contribution in [1.82, 2.24) is 10.6 Å². The van der Waals surface area contributed by atoms with E-state index in [0.717, 1.165) is 5.56 Å². The first-order valence-corrected chi connectivity index (χ1v) is 9.16. The number of benzene rings is 2. The summed E-state index contributed by atoms with van der Waals surface area (Å²) in [6.45, 7) is 4.14. The topological polar surface area (TPSA) is 85.9 Å². The highest BCUT2D eigenvalue weighted by atomic mass is 16.7. The third kappa shape index (κ3) is 5.16. The van der Waals surface area contributed by atoms with E-state index in [4.69, 9.17) is 14.2 Å². The smallest absolute Gasteiger partial charge is 0.258 e. The van der Waals surface area contributed by atoms with Crippen LogP contribution in [0.4, 0.5) is 0 Å². The van der Waals surface area contributed by atoms with Crippen molar-refractivity contribution in [1.29, 1.82) is 0 Å². The Balaban J connectivity index is 1.51. The molecule has 0 spiro atoms. The van der Waals surface area contributed by atoms with Gasteiger partial charge < -0.3 is 24.8 Å². The predicted molar refractivity (Wildman–Crippen MR) is 103 cm³/mol. The Bertz CT molecular complexity index is 823. The number of hydrogen-bond acceptors (Lipinski definition) is 5. The number of nitrogens with one attached hydrogen (secondary N) is 2. The van der Waals surface area contributed by atoms with Crippen molar-refractivity contribution in [2.75, 3.05) is 13.4 Å². The minimum absolute atomic E-state index is 0.0718. The van der Waals surface area contributed by atoms with Gasteiger partial charge in [-0.05, 0) is 35.7 Å². The van der Waals surface area contributed by atoms with Gasteiger partial charge in [-0.1, -0.05) is 38.1 Å². The maximum absolute atomic E-state index is 12.6. The summed E-state index contributed by atoms with van der Waals surface area (Å²) in [5.74, 6) is 1.30. The number of fused-ring (bicyclic) bond motifs is 1. The van der Waals surface area contributed by atoms with Crippen LogP contribution in [0, 0.1) is 5.92 Å². The van der Waals surface area contributed by atoms with Crippen molar-refractivity contribution in [3.8, 4) is 17.2 Å². The highest BCUT2D eigenvalue weighted by Crippen LogP contribution is 2.32. The van der Waals surface area contributed by atoms with Crippen LogP contribution in [-0.2, 0) is 16.1 Å². The third-order valence-electron chi connectivity index (χ3n) is 4.28. The van der Waals surface area contributed by atoms with Gasteiger partial charge in [0.2, 0.25) is 12.7 Å². The third-order valence-corrected chi connectivity index (χ3v) is 4.28. The lowest BCUT2D eigenvalue weighted by Crippen LogP contribution is -2.50. The molecule has 7 heteroatoms. The Morgan fingerprint density at radius 3 is 2.57 bits per heavy atom. The van der Waals surface area contributed by atoms with Gasteiger partial charge in [0, 0.05) is 6.54 Å². The monoisotopic (exact) mass is 384 g/mol. The number of amides is 2. The summed E-state index contributed by atoms with van der Waals surface area (Å²) < 4.78 is 16.1. The molecule has 3 rings (SSSR count). The number of hydrogen-bond donors (Lipinski definition) is 2. The molecule has 1 aliphatic heterocycles. The van der Waals surface area contributed by atoms with Gasteiger partial charge in [0.05, 0.1) is 0 Å². The van der Waals surface area contributed by atoms with E-state index in [1.165, 1.54) is 0 Å². The molecule has 0 fully saturated rings. The number of carbonyl (C=O) groups is 2. The van der Waals surface area contributed by atoms with Crippen LogP contribution in [0.1, 0.15) is 19.4 Å². The van der Waals surface area contributed by atoms with Crippen LogP contribution in [0.25, 0.3) is 0 Å². The van der Waals surface area contributed by atoms with Crippen LogP contribution in [0.5, 0.6) is 17.2 Å². The molecular weight excluding hydrogens is 360 g/mol. The zero-order chi connectivity index (χ0) is 19.9. The molecular formula is C21H24N2O5. The fourth-order valence-corrected chi connectivity index (χ4v) is 2.77. The first-order chi connectivity index (χ1) is 13.5. The summed E-state index contributed by atoms with van der Waals surface area (Å²) in [6, 6.07) is 13.9. The molecule has 1 atom stereocenters. The van der Waals surface area contributed by atoms with Crippen LogP contribution >= 0.6 is 0 Å². The minimum Gasteiger partial charge on any atom is -0.484 e. The van der Waals surface area contributed by atoms with E-state index in [9.17, 15) is 9.59 Å². The number of rotatable bonds is 8. The molecule has 0 bridgehead atoms. The molecule has 2 aromatic rings. The van der Waals surface area contributed by atoms with Gasteiger partial charge in [-0.3, -0.25) is 9.59 Å². The zero-order valence-electron chi connectivity index (χ0n) is 15.9. The van der Waals surface area contributed by atoms with Crippen LogP contribution in [0.3, 0.4) is 0 Å². The average Bonchev–Trinajstić information content (AvgIpc) is 3.17. The SMILES string of the molecule is CC(C)[C@H](NC(=O)COc1ccccc1)C(=O)NCc1ccc2c(c1)OCO2. The van der Waals surface area contributed by atoms with E-state index in [2.05, 4.69) is 10.6 Å². The molecule has 2 amide bonds. The normalized spacial score (nSPS) is 13.1. The Morgan fingerprint density at radius 1 is 1.07 bits per heavy atom. The fraction of sp³-hybridized carbons (Fsp3) is 0.333. The second-order valence-corrected chi connectivity index (χ2v) is 6.80. The van der Waals surface area contributed by atoms with Crippen LogP contribution in [-0.4, -0.2) is 31.3 Å². The van der Waals surface area contributed by atoms with Crippen molar-refractivity contribution in [3.63, 3.8) is 0 Å². The van der Waals surface area contributed by atoms with Crippen LogP contribution < -0.4 is 24.8 Å². The van der Waals surface area contributed by atoms with E-state index >= 15 is 0 Å². The van der Waals surface area contributed by atoms with E-state index in [0.29, 0.717) is 23.8 Å². The maximum atomic E-state index is 12.6. The van der Waals surface area contributed by atoms with Gasteiger partial charge in [0.15, 0.2) is 18.1 Å². The van der Waals surface area contributed by atoms with Crippen molar-refractivity contribution in [2.45, 2.75) is 26.4 Å². The molecule has 2 aromatic carbocycles. The van der Waals surface area contributed by atoms with Crippen LogP contribution in [0.2, 0.25) is 0 Å². The molecule has 0 aliphatic carbocycles. The lowest BCUT2D eigenvalue weighted by atomic mass is 10.0. The minimum atomic E-state index is -0.652. The first-order valence-electron chi connectivity index (χ1n) is 9.16. The maximum Gasteiger partial charge on any atom is 0.258 e. The Hall–Kier alpha value is -3.22. The number of para-hydroxylation sites is 1. The molecule has 1 heterocycles. The summed E-state index contributed by atoms with van der Waals surface area (Å²) in [5, 5.41) is 5.60. The largest absolute Gasteiger partial charge is 0.484 e. The summed E-state index contributed by atoms with van der Waals surface area (Å²) >= 11 is 0. The Morgan fingerprint density at radius 2 is 1.82 bits per heavy atom. The second kappa shape index (κ2) is 9.12. The average molecular weight is 384 g/mol. The second-order valence-electron chi connectivity index (χ2n) is 6.80. The molecule has 0 saturated heterocycles. The van der Waals surface area contributed by atoms with Gasteiger partial charge in [0.25, 0.3) is 5.91 Å². The van der Waals surface area contributed by atoms with Crippen molar-refractivity contribution in [2.24, 2.45) is 5.92 Å². The van der Waals surface area contributed by atoms with E-state index in [-0.39, 0.29) is 31.1 Å². The lowest BCUT2D eigenvalue weighted by Gasteiger charge is -2.22. The Kier molecular flexibility index (Phi) is 6.37. The van der Waals surface area contributed by atoms with E-state index in [1.807, 2.05) is 50.2 Å². The van der Waals surface area contributed by atoms with E-state index < -0.39 is 6.04 Å². The molecule has 1 aliphatic rings. The van der Waals surface area contributed by atoms with Crippen LogP contribution in [0.15, 0.2) is 48.5 Å². The number of carbonyl (C=O) groups excluding carboxylic acids is 2. The quantitative estimate of drug-likeness (QED) is 0.729. The molecule has 28 heavy (non-hydrogen) atoms. The lowest BCUT2D eigenvalue weighted by molar-refractivity contribution is -0.131. The molecule has 0 radical (unpaired) electrons. The standard InChI is InChI=1S/C21H24N2O5/c1-14(2)20(23-19(24)12-26-16-6-4-3-5-7-16)21(25)22-11-15-8-9-17-18(10-15)28-13-27-17/h3-10,14,20H,11-13H2,1-2H3,(H,22,25)(H,23,24)/t20-/m0/s1. The van der Waals surface area contributed by atoms with Gasteiger partial charge >= 0.3 is 0 Å². The molecule has 0 unspecified atom stereocenters. The van der Waals surface area contributed by atoms with Gasteiger partial charge in [-0.15, -0.1) is 0 Å². The van der Waals surface area contributed by atoms with Gasteiger partial charge in [-0.25, -0.2) is 0 Å². The molecule has 0 aromatic heterocycles. The Labute approximate surface area is 164 Å². The van der Waals surface area contributed by atoms with E-state index in [1.54, 1.807) is 12.1 Å². The van der Waals surface area contributed by atoms with Gasteiger partial charge in [-0.2, -0.15) is 0 Å². The zero-order valence-corrected chi connectivity index (χ0v) is 15.9. The predicted octanol–water partition coefficient (Wildman–Crippen LogP) is 2.25. The summed E-state index contributed by atoms with van der Waals surface area (Å²) in [4.78, 5) is 24.8. The molecule has 0 saturated carbocycles. The van der Waals surface area contributed by atoms with Crippen molar-refractivity contribution in [3.05, 3.63) is 54.1 Å². The molecule has 148 valence electrons. The summed E-state index contributed by atoms with van der Waals surface area (Å²) in [7, 11) is 0.